The fraction of sp³-hybridized carbons (Fsp3) is 0.231. The van der Waals surface area contributed by atoms with Crippen LogP contribution in [0.4, 0.5) is 11.7 Å². The molecule has 3 rings (SSSR count). The summed E-state index contributed by atoms with van der Waals surface area (Å²) in [6, 6.07) is 4.69. The molecule has 8 nitrogen and oxygen atoms in total. The first-order valence-corrected chi connectivity index (χ1v) is 6.38. The highest BCUT2D eigenvalue weighted by Crippen LogP contribution is 2.23. The van der Waals surface area contributed by atoms with E-state index in [2.05, 4.69) is 15.3 Å². The minimum atomic E-state index is -0.462. The van der Waals surface area contributed by atoms with E-state index in [1.807, 2.05) is 17.8 Å². The topological polar surface area (TPSA) is 99.0 Å². The zero-order valence-corrected chi connectivity index (χ0v) is 11.3. The van der Waals surface area contributed by atoms with E-state index in [0.29, 0.717) is 23.7 Å². The normalized spacial score (nSPS) is 10.9. The number of anilines is 1. The highest BCUT2D eigenvalue weighted by atomic mass is 16.6. The number of fused-ring (bicyclic) bond motifs is 1. The van der Waals surface area contributed by atoms with Gasteiger partial charge >= 0.3 is 0 Å². The van der Waals surface area contributed by atoms with Crippen molar-refractivity contribution >= 4 is 22.8 Å². The number of nitrogens with one attached hydrogen (secondary N) is 1. The number of benzene rings is 1. The highest BCUT2D eigenvalue weighted by Gasteiger charge is 2.11. The van der Waals surface area contributed by atoms with Crippen LogP contribution in [-0.4, -0.2) is 26.0 Å². The van der Waals surface area contributed by atoms with Crippen LogP contribution in [0.2, 0.25) is 0 Å². The molecule has 1 N–H and O–H groups in total. The zero-order valence-electron chi connectivity index (χ0n) is 11.3. The van der Waals surface area contributed by atoms with Crippen molar-refractivity contribution in [2.75, 3.05) is 11.9 Å². The second kappa shape index (κ2) is 5.23. The molecule has 3 aromatic rings. The molecule has 2 aromatic heterocycles. The SMILES string of the molecule is Cn1ccnc1CCNc1nc2ccc([N+](=O)[O-])cc2o1. The molecule has 21 heavy (non-hydrogen) atoms. The summed E-state index contributed by atoms with van der Waals surface area (Å²) in [6.07, 6.45) is 4.35. The van der Waals surface area contributed by atoms with E-state index in [-0.39, 0.29) is 5.69 Å². The molecular weight excluding hydrogens is 274 g/mol. The van der Waals surface area contributed by atoms with Gasteiger partial charge in [-0.05, 0) is 6.07 Å². The first-order valence-electron chi connectivity index (χ1n) is 6.38. The molecule has 0 spiro atoms. The third kappa shape index (κ3) is 2.69. The third-order valence-corrected chi connectivity index (χ3v) is 3.13. The fourth-order valence-corrected chi connectivity index (χ4v) is 2.02. The van der Waals surface area contributed by atoms with Crippen LogP contribution in [0.5, 0.6) is 0 Å². The van der Waals surface area contributed by atoms with Gasteiger partial charge in [-0.2, -0.15) is 4.98 Å². The molecule has 8 heteroatoms. The Hall–Kier alpha value is -2.90. The van der Waals surface area contributed by atoms with E-state index in [0.717, 1.165) is 12.2 Å². The minimum Gasteiger partial charge on any atom is -0.423 e. The summed E-state index contributed by atoms with van der Waals surface area (Å²) < 4.78 is 7.40. The Balaban J connectivity index is 1.70. The van der Waals surface area contributed by atoms with E-state index >= 15 is 0 Å². The van der Waals surface area contributed by atoms with Gasteiger partial charge in [-0.15, -0.1) is 0 Å². The summed E-state index contributed by atoms with van der Waals surface area (Å²) in [5.41, 5.74) is 0.960. The Labute approximate surface area is 119 Å². The Morgan fingerprint density at radius 1 is 1.48 bits per heavy atom. The van der Waals surface area contributed by atoms with E-state index in [4.69, 9.17) is 4.42 Å². The van der Waals surface area contributed by atoms with Gasteiger partial charge in [0.25, 0.3) is 11.7 Å². The standard InChI is InChI=1S/C13H13N5O3/c1-17-7-6-14-12(17)4-5-15-13-16-10-3-2-9(18(19)20)8-11(10)21-13/h2-3,6-8H,4-5H2,1H3,(H,15,16). The van der Waals surface area contributed by atoms with E-state index < -0.39 is 4.92 Å². The number of rotatable bonds is 5. The number of non-ortho nitro benzene ring substituents is 1. The van der Waals surface area contributed by atoms with Crippen molar-refractivity contribution in [2.45, 2.75) is 6.42 Å². The molecule has 1 aromatic carbocycles. The van der Waals surface area contributed by atoms with Crippen molar-refractivity contribution in [1.82, 2.24) is 14.5 Å². The summed E-state index contributed by atoms with van der Waals surface area (Å²) in [5.74, 6) is 0.953. The molecule has 0 atom stereocenters. The van der Waals surface area contributed by atoms with Crippen molar-refractivity contribution in [1.29, 1.82) is 0 Å². The van der Waals surface area contributed by atoms with Gasteiger partial charge in [-0.1, -0.05) is 0 Å². The van der Waals surface area contributed by atoms with Crippen molar-refractivity contribution in [3.8, 4) is 0 Å². The van der Waals surface area contributed by atoms with Crippen molar-refractivity contribution in [3.63, 3.8) is 0 Å². The van der Waals surface area contributed by atoms with Crippen molar-refractivity contribution in [2.24, 2.45) is 7.05 Å². The third-order valence-electron chi connectivity index (χ3n) is 3.13. The molecule has 0 aliphatic rings. The number of nitro groups is 1. The first kappa shape index (κ1) is 13.1. The van der Waals surface area contributed by atoms with Crippen LogP contribution in [0, 0.1) is 10.1 Å². The molecule has 0 fully saturated rings. The maximum Gasteiger partial charge on any atom is 0.295 e. The Morgan fingerprint density at radius 2 is 2.33 bits per heavy atom. The van der Waals surface area contributed by atoms with Gasteiger partial charge in [-0.3, -0.25) is 10.1 Å². The van der Waals surface area contributed by atoms with Gasteiger partial charge in [0.1, 0.15) is 11.3 Å². The first-order chi connectivity index (χ1) is 10.1. The Morgan fingerprint density at radius 3 is 3.05 bits per heavy atom. The average Bonchev–Trinajstić information content (AvgIpc) is 3.04. The molecule has 0 saturated carbocycles. The van der Waals surface area contributed by atoms with Crippen molar-refractivity contribution < 1.29 is 9.34 Å². The molecule has 0 aliphatic carbocycles. The predicted octanol–water partition coefficient (Wildman–Crippen LogP) is 2.12. The molecule has 0 radical (unpaired) electrons. The summed E-state index contributed by atoms with van der Waals surface area (Å²) in [7, 11) is 1.93. The lowest BCUT2D eigenvalue weighted by Crippen LogP contribution is -2.08. The molecule has 0 amide bonds. The maximum absolute atomic E-state index is 10.7. The second-order valence-electron chi connectivity index (χ2n) is 4.56. The quantitative estimate of drug-likeness (QED) is 0.570. The number of imidazole rings is 1. The summed E-state index contributed by atoms with van der Waals surface area (Å²) in [5, 5.41) is 13.8. The van der Waals surface area contributed by atoms with E-state index in [1.165, 1.54) is 12.1 Å². The second-order valence-corrected chi connectivity index (χ2v) is 4.56. The number of aromatic nitrogens is 3. The van der Waals surface area contributed by atoms with Gasteiger partial charge in [-0.25, -0.2) is 4.98 Å². The van der Waals surface area contributed by atoms with Crippen LogP contribution < -0.4 is 5.32 Å². The Kier molecular flexibility index (Phi) is 3.27. The van der Waals surface area contributed by atoms with Gasteiger partial charge in [0.15, 0.2) is 5.58 Å². The molecule has 0 bridgehead atoms. The largest absolute Gasteiger partial charge is 0.423 e. The van der Waals surface area contributed by atoms with Gasteiger partial charge in [0, 0.05) is 38.5 Å². The number of hydrogen-bond acceptors (Lipinski definition) is 6. The summed E-state index contributed by atoms with van der Waals surface area (Å²) >= 11 is 0. The lowest BCUT2D eigenvalue weighted by molar-refractivity contribution is -0.384. The van der Waals surface area contributed by atoms with Crippen LogP contribution in [0.3, 0.4) is 0 Å². The predicted molar refractivity (Wildman–Crippen MR) is 76.1 cm³/mol. The van der Waals surface area contributed by atoms with Crippen molar-refractivity contribution in [3.05, 3.63) is 46.5 Å². The van der Waals surface area contributed by atoms with Crippen LogP contribution in [0.1, 0.15) is 5.82 Å². The van der Waals surface area contributed by atoms with Crippen LogP contribution in [0.15, 0.2) is 35.0 Å². The number of nitrogens with zero attached hydrogens (tertiary/aromatic N) is 4. The zero-order chi connectivity index (χ0) is 14.8. The Bertz CT molecular complexity index is 792. The summed E-state index contributed by atoms with van der Waals surface area (Å²) in [6.45, 7) is 0.611. The number of hydrogen-bond donors (Lipinski definition) is 1. The van der Waals surface area contributed by atoms with Crippen LogP contribution in [0.25, 0.3) is 11.1 Å². The average molecular weight is 287 g/mol. The smallest absolute Gasteiger partial charge is 0.295 e. The van der Waals surface area contributed by atoms with Gasteiger partial charge < -0.3 is 14.3 Å². The highest BCUT2D eigenvalue weighted by molar-refractivity contribution is 5.77. The van der Waals surface area contributed by atoms with Crippen LogP contribution in [-0.2, 0) is 13.5 Å². The van der Waals surface area contributed by atoms with Gasteiger partial charge in [0.2, 0.25) is 0 Å². The number of nitro benzene ring substituents is 1. The lowest BCUT2D eigenvalue weighted by Gasteiger charge is -2.01. The van der Waals surface area contributed by atoms with E-state index in [9.17, 15) is 10.1 Å². The minimum absolute atomic E-state index is 0.0155. The molecule has 0 saturated heterocycles. The maximum atomic E-state index is 10.7. The molecule has 0 aliphatic heterocycles. The monoisotopic (exact) mass is 287 g/mol. The number of aryl methyl sites for hydroxylation is 1. The number of oxazole rings is 1. The van der Waals surface area contributed by atoms with Crippen LogP contribution >= 0.6 is 0 Å². The van der Waals surface area contributed by atoms with E-state index in [1.54, 1.807) is 12.3 Å². The fourth-order valence-electron chi connectivity index (χ4n) is 2.02. The van der Waals surface area contributed by atoms with Gasteiger partial charge in [0.05, 0.1) is 11.0 Å². The lowest BCUT2D eigenvalue weighted by atomic mass is 10.3. The molecule has 0 unspecified atom stereocenters. The molecule has 108 valence electrons. The molecular formula is C13H13N5O3. The molecule has 2 heterocycles. The summed E-state index contributed by atoms with van der Waals surface area (Å²) in [4.78, 5) is 18.7.